The molecule has 1 aromatic carbocycles. The molecule has 0 spiro atoms. The molecular formula is C14H16S. The van der Waals surface area contributed by atoms with Gasteiger partial charge < -0.3 is 0 Å². The number of thioether (sulfide) groups is 1. The second-order valence-corrected chi connectivity index (χ2v) is 4.13. The first kappa shape index (κ1) is 11.9. The van der Waals surface area contributed by atoms with E-state index >= 15 is 0 Å². The normalized spacial score (nSPS) is 12.0. The minimum absolute atomic E-state index is 1.21. The number of allylic oxidation sites excluding steroid dienone is 3. The molecule has 0 N–H and O–H groups in total. The molecule has 0 atom stereocenters. The molecule has 0 aliphatic heterocycles. The van der Waals surface area contributed by atoms with Crippen molar-refractivity contribution < 1.29 is 0 Å². The highest BCUT2D eigenvalue weighted by atomic mass is 32.2. The molecule has 15 heavy (non-hydrogen) atoms. The van der Waals surface area contributed by atoms with Crippen LogP contribution in [0, 0.1) is 6.92 Å². The Kier molecular flexibility index (Phi) is 4.99. The second-order valence-electron chi connectivity index (χ2n) is 3.25. The van der Waals surface area contributed by atoms with E-state index in [9.17, 15) is 0 Å². The lowest BCUT2D eigenvalue weighted by Crippen LogP contribution is -1.74. The maximum atomic E-state index is 3.69. The number of aryl methyl sites for hydroxylation is 1. The van der Waals surface area contributed by atoms with Crippen molar-refractivity contribution in [3.63, 3.8) is 0 Å². The van der Waals surface area contributed by atoms with Crippen molar-refractivity contribution in [1.29, 1.82) is 0 Å². The standard InChI is InChI=1S/C14H16S/c1-4-5-14(15-3)11-10-13-8-6-12(2)7-9-13/h4-11H,1H2,2-3H3/b11-10+,14-5-. The summed E-state index contributed by atoms with van der Waals surface area (Å²) in [5.41, 5.74) is 2.52. The van der Waals surface area contributed by atoms with Crippen molar-refractivity contribution >= 4 is 17.8 Å². The number of hydrogen-bond acceptors (Lipinski definition) is 1. The summed E-state index contributed by atoms with van der Waals surface area (Å²) in [6.45, 7) is 5.79. The van der Waals surface area contributed by atoms with Crippen LogP contribution in [-0.2, 0) is 0 Å². The largest absolute Gasteiger partial charge is 0.130 e. The van der Waals surface area contributed by atoms with Gasteiger partial charge in [-0.15, -0.1) is 11.8 Å². The van der Waals surface area contributed by atoms with Gasteiger partial charge in [0.15, 0.2) is 0 Å². The van der Waals surface area contributed by atoms with E-state index in [4.69, 9.17) is 0 Å². The van der Waals surface area contributed by atoms with Crippen molar-refractivity contribution in [2.45, 2.75) is 6.92 Å². The first-order valence-corrected chi connectivity index (χ1v) is 6.10. The van der Waals surface area contributed by atoms with Crippen molar-refractivity contribution in [2.75, 3.05) is 6.26 Å². The monoisotopic (exact) mass is 216 g/mol. The third kappa shape index (κ3) is 4.22. The molecule has 0 heterocycles. The van der Waals surface area contributed by atoms with Crippen LogP contribution < -0.4 is 0 Å². The number of rotatable bonds is 4. The Hall–Kier alpha value is -1.21. The van der Waals surface area contributed by atoms with Crippen molar-refractivity contribution in [2.24, 2.45) is 0 Å². The van der Waals surface area contributed by atoms with E-state index < -0.39 is 0 Å². The summed E-state index contributed by atoms with van der Waals surface area (Å²) in [5, 5.41) is 0. The fraction of sp³-hybridized carbons (Fsp3) is 0.143. The summed E-state index contributed by atoms with van der Waals surface area (Å²) < 4.78 is 0. The van der Waals surface area contributed by atoms with Crippen LogP contribution in [-0.4, -0.2) is 6.26 Å². The zero-order valence-corrected chi connectivity index (χ0v) is 10.1. The van der Waals surface area contributed by atoms with Gasteiger partial charge in [0.2, 0.25) is 0 Å². The number of benzene rings is 1. The quantitative estimate of drug-likeness (QED) is 0.670. The first-order valence-electron chi connectivity index (χ1n) is 4.87. The van der Waals surface area contributed by atoms with Crippen LogP contribution >= 0.6 is 11.8 Å². The van der Waals surface area contributed by atoms with E-state index in [1.54, 1.807) is 11.8 Å². The van der Waals surface area contributed by atoms with Gasteiger partial charge in [-0.25, -0.2) is 0 Å². The molecule has 78 valence electrons. The predicted molar refractivity (Wildman–Crippen MR) is 72.0 cm³/mol. The van der Waals surface area contributed by atoms with Gasteiger partial charge in [0.05, 0.1) is 0 Å². The molecule has 0 saturated heterocycles. The van der Waals surface area contributed by atoms with Crippen LogP contribution in [0.4, 0.5) is 0 Å². The van der Waals surface area contributed by atoms with Gasteiger partial charge in [0.25, 0.3) is 0 Å². The van der Waals surface area contributed by atoms with Gasteiger partial charge in [-0.2, -0.15) is 0 Å². The highest BCUT2D eigenvalue weighted by Crippen LogP contribution is 2.15. The number of hydrogen-bond donors (Lipinski definition) is 0. The molecule has 0 radical (unpaired) electrons. The Morgan fingerprint density at radius 3 is 2.47 bits per heavy atom. The topological polar surface area (TPSA) is 0 Å². The van der Waals surface area contributed by atoms with E-state index in [-0.39, 0.29) is 0 Å². The molecule has 0 fully saturated rings. The maximum Gasteiger partial charge on any atom is 0.00691 e. The van der Waals surface area contributed by atoms with Gasteiger partial charge in [-0.05, 0) is 30.9 Å². The lowest BCUT2D eigenvalue weighted by molar-refractivity contribution is 1.46. The summed E-state index contributed by atoms with van der Waals surface area (Å²) >= 11 is 1.72. The molecule has 0 aliphatic rings. The Labute approximate surface area is 96.4 Å². The molecule has 0 unspecified atom stereocenters. The van der Waals surface area contributed by atoms with Gasteiger partial charge in [-0.1, -0.05) is 48.6 Å². The smallest absolute Gasteiger partial charge is 0.00691 e. The lowest BCUT2D eigenvalue weighted by Gasteiger charge is -1.96. The third-order valence-electron chi connectivity index (χ3n) is 2.04. The van der Waals surface area contributed by atoms with Crippen LogP contribution in [0.2, 0.25) is 0 Å². The Bertz CT molecular complexity index is 369. The minimum Gasteiger partial charge on any atom is -0.130 e. The zero-order valence-electron chi connectivity index (χ0n) is 9.23. The lowest BCUT2D eigenvalue weighted by atomic mass is 10.1. The van der Waals surface area contributed by atoms with E-state index in [2.05, 4.69) is 56.2 Å². The summed E-state index contributed by atoms with van der Waals surface area (Å²) in [6.07, 6.45) is 10.1. The molecule has 0 nitrogen and oxygen atoms in total. The average Bonchev–Trinajstić information content (AvgIpc) is 2.26. The van der Waals surface area contributed by atoms with E-state index in [1.165, 1.54) is 16.0 Å². The zero-order chi connectivity index (χ0) is 11.1. The Morgan fingerprint density at radius 2 is 1.93 bits per heavy atom. The van der Waals surface area contributed by atoms with Crippen LogP contribution in [0.5, 0.6) is 0 Å². The predicted octanol–water partition coefficient (Wildman–Crippen LogP) is 4.44. The Morgan fingerprint density at radius 1 is 1.27 bits per heavy atom. The molecule has 1 rings (SSSR count). The van der Waals surface area contributed by atoms with Crippen molar-refractivity contribution in [3.8, 4) is 0 Å². The van der Waals surface area contributed by atoms with Gasteiger partial charge in [-0.3, -0.25) is 0 Å². The summed E-state index contributed by atoms with van der Waals surface area (Å²) in [5.74, 6) is 0. The van der Waals surface area contributed by atoms with Crippen molar-refractivity contribution in [3.05, 3.63) is 65.1 Å². The van der Waals surface area contributed by atoms with Gasteiger partial charge in [0.1, 0.15) is 0 Å². The Balaban J connectivity index is 2.76. The molecule has 0 aliphatic carbocycles. The molecule has 1 aromatic rings. The van der Waals surface area contributed by atoms with E-state index in [0.29, 0.717) is 0 Å². The third-order valence-corrected chi connectivity index (χ3v) is 2.78. The molecular weight excluding hydrogens is 200 g/mol. The van der Waals surface area contributed by atoms with Gasteiger partial charge in [0, 0.05) is 4.91 Å². The fourth-order valence-electron chi connectivity index (χ4n) is 1.16. The highest BCUT2D eigenvalue weighted by molar-refractivity contribution is 8.02. The van der Waals surface area contributed by atoms with Crippen molar-refractivity contribution in [1.82, 2.24) is 0 Å². The van der Waals surface area contributed by atoms with Gasteiger partial charge >= 0.3 is 0 Å². The summed E-state index contributed by atoms with van der Waals surface area (Å²) in [7, 11) is 0. The molecule has 0 amide bonds. The summed E-state index contributed by atoms with van der Waals surface area (Å²) in [6, 6.07) is 8.49. The second kappa shape index (κ2) is 6.31. The average molecular weight is 216 g/mol. The molecule has 0 saturated carbocycles. The van der Waals surface area contributed by atoms with Crippen LogP contribution in [0.15, 0.2) is 54.0 Å². The van der Waals surface area contributed by atoms with E-state index in [0.717, 1.165) is 0 Å². The van der Waals surface area contributed by atoms with E-state index in [1.807, 2.05) is 12.2 Å². The minimum atomic E-state index is 1.21. The highest BCUT2D eigenvalue weighted by Gasteiger charge is 1.88. The molecule has 1 heteroatoms. The maximum absolute atomic E-state index is 3.69. The van der Waals surface area contributed by atoms with Crippen LogP contribution in [0.1, 0.15) is 11.1 Å². The molecule has 0 aromatic heterocycles. The SMILES string of the molecule is C=C/C=C(/C=C/c1ccc(C)cc1)SC. The van der Waals surface area contributed by atoms with Crippen LogP contribution in [0.25, 0.3) is 6.08 Å². The van der Waals surface area contributed by atoms with Crippen LogP contribution in [0.3, 0.4) is 0 Å². The summed E-state index contributed by atoms with van der Waals surface area (Å²) in [4.78, 5) is 1.21. The molecule has 0 bridgehead atoms. The fourth-order valence-corrected chi connectivity index (χ4v) is 1.60. The first-order chi connectivity index (χ1) is 7.26.